The first kappa shape index (κ1) is 14.9. The van der Waals surface area contributed by atoms with Crippen LogP contribution in [-0.2, 0) is 5.41 Å². The van der Waals surface area contributed by atoms with Crippen molar-refractivity contribution < 1.29 is 5.21 Å². The Morgan fingerprint density at radius 2 is 2.18 bits per heavy atom. The number of pyridine rings is 1. The highest BCUT2D eigenvalue weighted by molar-refractivity contribution is 7.80. The number of nitrogens with one attached hydrogen (secondary N) is 1. The van der Waals surface area contributed by atoms with E-state index in [-0.39, 0.29) is 0 Å². The Balaban J connectivity index is 2.21. The van der Waals surface area contributed by atoms with Crippen molar-refractivity contribution in [2.24, 2.45) is 5.16 Å². The number of oxime groups is 1. The van der Waals surface area contributed by atoms with E-state index in [1.54, 1.807) is 0 Å². The summed E-state index contributed by atoms with van der Waals surface area (Å²) in [6, 6.07) is 10.1. The number of hydrogen-bond acceptors (Lipinski definition) is 4. The number of fused-ring (bicyclic) bond motifs is 1. The molecule has 0 saturated heterocycles. The molecule has 2 N–H and O–H groups in total. The third-order valence-corrected chi connectivity index (χ3v) is 5.08. The van der Waals surface area contributed by atoms with Crippen molar-refractivity contribution in [2.75, 3.05) is 7.05 Å². The maximum atomic E-state index is 9.53. The summed E-state index contributed by atoms with van der Waals surface area (Å²) in [6.45, 7) is 0. The van der Waals surface area contributed by atoms with Crippen LogP contribution in [0.5, 0.6) is 0 Å². The predicted octanol–water partition coefficient (Wildman–Crippen LogP) is 3.42. The Bertz CT molecular complexity index is 744. The van der Waals surface area contributed by atoms with Crippen LogP contribution in [0, 0.1) is 0 Å². The van der Waals surface area contributed by atoms with Gasteiger partial charge in [0.1, 0.15) is 0 Å². The third-order valence-electron chi connectivity index (χ3n) is 4.53. The standard InChI is InChI=1S/C17H19N3OS/c1-18-16(22)17(9-5-4-8-15(17)20-21)13-10-12-6-2-3-7-14(12)19-11-13/h2-3,6-7,10-11,21H,4-5,8-9H2,1H3,(H,18,22). The molecule has 4 nitrogen and oxygen atoms in total. The molecule has 0 radical (unpaired) electrons. The highest BCUT2D eigenvalue weighted by atomic mass is 32.1. The van der Waals surface area contributed by atoms with Crippen molar-refractivity contribution in [3.8, 4) is 0 Å². The van der Waals surface area contributed by atoms with Gasteiger partial charge in [0.25, 0.3) is 0 Å². The van der Waals surface area contributed by atoms with Gasteiger partial charge in [-0.2, -0.15) is 0 Å². The molecular formula is C17H19N3OS. The number of hydrogen-bond donors (Lipinski definition) is 2. The third kappa shape index (κ3) is 2.25. The van der Waals surface area contributed by atoms with E-state index in [1.165, 1.54) is 0 Å². The fourth-order valence-corrected chi connectivity index (χ4v) is 3.72. The van der Waals surface area contributed by atoms with Crippen molar-refractivity contribution in [1.29, 1.82) is 0 Å². The molecular weight excluding hydrogens is 294 g/mol. The van der Waals surface area contributed by atoms with Crippen molar-refractivity contribution in [2.45, 2.75) is 31.1 Å². The Hall–Kier alpha value is -2.01. The fraction of sp³-hybridized carbons (Fsp3) is 0.353. The van der Waals surface area contributed by atoms with Crippen LogP contribution in [0.4, 0.5) is 0 Å². The molecule has 5 heteroatoms. The number of aromatic nitrogens is 1. The van der Waals surface area contributed by atoms with E-state index in [0.717, 1.165) is 47.9 Å². The second-order valence-corrected chi connectivity index (χ2v) is 6.06. The molecule has 0 aliphatic heterocycles. The fourth-order valence-electron chi connectivity index (χ4n) is 3.38. The molecule has 0 bridgehead atoms. The van der Waals surface area contributed by atoms with Gasteiger partial charge in [-0.1, -0.05) is 42.0 Å². The molecule has 0 amide bonds. The number of nitrogens with zero attached hydrogens (tertiary/aromatic N) is 2. The van der Waals surface area contributed by atoms with Crippen LogP contribution in [0.25, 0.3) is 10.9 Å². The summed E-state index contributed by atoms with van der Waals surface area (Å²) in [5.41, 5.74) is 2.14. The maximum Gasteiger partial charge on any atom is 0.0917 e. The molecule has 1 fully saturated rings. The first-order valence-electron chi connectivity index (χ1n) is 7.51. The van der Waals surface area contributed by atoms with Crippen LogP contribution in [0.1, 0.15) is 31.2 Å². The largest absolute Gasteiger partial charge is 0.411 e. The van der Waals surface area contributed by atoms with Crippen molar-refractivity contribution >= 4 is 33.8 Å². The van der Waals surface area contributed by atoms with E-state index in [9.17, 15) is 5.21 Å². The summed E-state index contributed by atoms with van der Waals surface area (Å²) in [6.07, 6.45) is 5.53. The van der Waals surface area contributed by atoms with Crippen molar-refractivity contribution in [1.82, 2.24) is 10.3 Å². The molecule has 1 aliphatic rings. The maximum absolute atomic E-state index is 9.53. The van der Waals surface area contributed by atoms with E-state index < -0.39 is 5.41 Å². The van der Waals surface area contributed by atoms with Gasteiger partial charge < -0.3 is 10.5 Å². The van der Waals surface area contributed by atoms with Gasteiger partial charge in [-0.15, -0.1) is 0 Å². The quantitative estimate of drug-likeness (QED) is 0.507. The Morgan fingerprint density at radius 1 is 1.36 bits per heavy atom. The van der Waals surface area contributed by atoms with Crippen LogP contribution >= 0.6 is 12.2 Å². The lowest BCUT2D eigenvalue weighted by molar-refractivity contribution is 0.310. The van der Waals surface area contributed by atoms with Gasteiger partial charge in [0, 0.05) is 18.6 Å². The van der Waals surface area contributed by atoms with Gasteiger partial charge >= 0.3 is 0 Å². The van der Waals surface area contributed by atoms with Crippen LogP contribution in [-0.4, -0.2) is 27.9 Å². The van der Waals surface area contributed by atoms with E-state index in [1.807, 2.05) is 37.5 Å². The average Bonchev–Trinajstić information content (AvgIpc) is 2.60. The summed E-state index contributed by atoms with van der Waals surface area (Å²) < 4.78 is 0. The number of para-hydroxylation sites is 1. The highest BCUT2D eigenvalue weighted by Crippen LogP contribution is 2.39. The highest BCUT2D eigenvalue weighted by Gasteiger charge is 2.44. The molecule has 1 saturated carbocycles. The zero-order valence-electron chi connectivity index (χ0n) is 12.5. The van der Waals surface area contributed by atoms with E-state index in [4.69, 9.17) is 12.2 Å². The number of benzene rings is 1. The molecule has 22 heavy (non-hydrogen) atoms. The van der Waals surface area contributed by atoms with Crippen LogP contribution < -0.4 is 5.32 Å². The molecule has 1 aromatic heterocycles. The molecule has 114 valence electrons. The second-order valence-electron chi connectivity index (χ2n) is 5.65. The predicted molar refractivity (Wildman–Crippen MR) is 92.8 cm³/mol. The number of rotatable bonds is 2. The van der Waals surface area contributed by atoms with Gasteiger partial charge in [0.05, 0.1) is 21.6 Å². The number of thiocarbonyl (C=S) groups is 1. The van der Waals surface area contributed by atoms with Gasteiger partial charge in [0.2, 0.25) is 0 Å². The minimum atomic E-state index is -0.548. The van der Waals surface area contributed by atoms with E-state index in [0.29, 0.717) is 4.99 Å². The van der Waals surface area contributed by atoms with E-state index >= 15 is 0 Å². The molecule has 3 rings (SSSR count). The molecule has 1 atom stereocenters. The van der Waals surface area contributed by atoms with Crippen LogP contribution in [0.3, 0.4) is 0 Å². The minimum absolute atomic E-state index is 0.548. The Kier molecular flexibility index (Phi) is 4.07. The average molecular weight is 313 g/mol. The van der Waals surface area contributed by atoms with Crippen molar-refractivity contribution in [3.05, 3.63) is 42.1 Å². The Labute approximate surface area is 135 Å². The smallest absolute Gasteiger partial charge is 0.0917 e. The van der Waals surface area contributed by atoms with Crippen LogP contribution in [0.15, 0.2) is 41.7 Å². The van der Waals surface area contributed by atoms with Gasteiger partial charge in [-0.3, -0.25) is 4.98 Å². The summed E-state index contributed by atoms with van der Waals surface area (Å²) in [5.74, 6) is 0. The van der Waals surface area contributed by atoms with Crippen LogP contribution in [0.2, 0.25) is 0 Å². The molecule has 1 unspecified atom stereocenters. The SMILES string of the molecule is CNC(=S)C1(c2cnc3ccccc3c2)CCCCC1=NO. The molecule has 0 spiro atoms. The lowest BCUT2D eigenvalue weighted by Crippen LogP contribution is -2.50. The first-order valence-corrected chi connectivity index (χ1v) is 7.92. The first-order chi connectivity index (χ1) is 10.7. The molecule has 1 aromatic carbocycles. The summed E-state index contributed by atoms with van der Waals surface area (Å²) in [4.78, 5) is 5.25. The second kappa shape index (κ2) is 6.01. The zero-order chi connectivity index (χ0) is 15.6. The monoisotopic (exact) mass is 313 g/mol. The van der Waals surface area contributed by atoms with Gasteiger partial charge in [-0.05, 0) is 37.0 Å². The molecule has 1 heterocycles. The Morgan fingerprint density at radius 3 is 2.95 bits per heavy atom. The molecule has 1 aliphatic carbocycles. The minimum Gasteiger partial charge on any atom is -0.411 e. The summed E-state index contributed by atoms with van der Waals surface area (Å²) in [7, 11) is 1.82. The summed E-state index contributed by atoms with van der Waals surface area (Å²) >= 11 is 5.60. The lowest BCUT2D eigenvalue weighted by Gasteiger charge is -2.38. The zero-order valence-corrected chi connectivity index (χ0v) is 13.4. The van der Waals surface area contributed by atoms with E-state index in [2.05, 4.69) is 21.5 Å². The van der Waals surface area contributed by atoms with Crippen molar-refractivity contribution in [3.63, 3.8) is 0 Å². The summed E-state index contributed by atoms with van der Waals surface area (Å²) in [5, 5.41) is 17.3. The normalized spacial score (nSPS) is 23.6. The molecule has 2 aromatic rings. The number of likely N-dealkylation sites (N-methyl/N-ethyl adjacent to an activating group) is 1. The van der Waals surface area contributed by atoms with Gasteiger partial charge in [-0.25, -0.2) is 0 Å². The lowest BCUT2D eigenvalue weighted by atomic mass is 9.68. The topological polar surface area (TPSA) is 57.5 Å². The van der Waals surface area contributed by atoms with Gasteiger partial charge in [0.15, 0.2) is 0 Å².